The third kappa shape index (κ3) is 6.33. The number of furan rings is 1. The molecule has 6 nitrogen and oxygen atoms in total. The van der Waals surface area contributed by atoms with Gasteiger partial charge in [-0.2, -0.15) is 0 Å². The summed E-state index contributed by atoms with van der Waals surface area (Å²) >= 11 is 0. The summed E-state index contributed by atoms with van der Waals surface area (Å²) in [5, 5.41) is 6.02. The molecule has 1 saturated heterocycles. The van der Waals surface area contributed by atoms with Crippen LogP contribution in [0.4, 0.5) is 0 Å². The van der Waals surface area contributed by atoms with Crippen LogP contribution in [-0.2, 0) is 11.2 Å². The van der Waals surface area contributed by atoms with Crippen LogP contribution in [0.1, 0.15) is 47.0 Å². The van der Waals surface area contributed by atoms with Crippen molar-refractivity contribution in [3.63, 3.8) is 0 Å². The summed E-state index contributed by atoms with van der Waals surface area (Å²) in [5.74, 6) is 0.395. The second-order valence-electron chi connectivity index (χ2n) is 8.45. The highest BCUT2D eigenvalue weighted by Crippen LogP contribution is 2.24. The molecule has 6 heteroatoms. The summed E-state index contributed by atoms with van der Waals surface area (Å²) in [6.45, 7) is 2.40. The van der Waals surface area contributed by atoms with Crippen LogP contribution in [0.25, 0.3) is 0 Å². The van der Waals surface area contributed by atoms with Gasteiger partial charge < -0.3 is 15.1 Å². The van der Waals surface area contributed by atoms with Crippen molar-refractivity contribution in [3.05, 3.63) is 95.9 Å². The average molecular weight is 446 g/mol. The standard InChI is InChI=1S/C27H31N3O3/c31-26(22-13-6-2-7-14-22)29-23(19-21-11-4-1-5-12-21)27(32)28-20-24(25-15-10-18-33-25)30-16-8-3-9-17-30/h1-2,4-7,10-15,18,23-24H,3,8-9,16-17,19-20H2,(H,28,32)(H,29,31). The van der Waals surface area contributed by atoms with Gasteiger partial charge in [-0.05, 0) is 55.8 Å². The van der Waals surface area contributed by atoms with Gasteiger partial charge in [-0.15, -0.1) is 0 Å². The second-order valence-corrected chi connectivity index (χ2v) is 8.45. The molecular weight excluding hydrogens is 414 g/mol. The predicted molar refractivity (Wildman–Crippen MR) is 128 cm³/mol. The Morgan fingerprint density at radius 2 is 1.58 bits per heavy atom. The molecule has 1 aliphatic heterocycles. The third-order valence-electron chi connectivity index (χ3n) is 6.11. The molecule has 0 radical (unpaired) electrons. The largest absolute Gasteiger partial charge is 0.468 e. The Balaban J connectivity index is 1.46. The fourth-order valence-corrected chi connectivity index (χ4v) is 4.33. The quantitative estimate of drug-likeness (QED) is 0.523. The zero-order chi connectivity index (χ0) is 22.9. The number of benzene rings is 2. The molecule has 33 heavy (non-hydrogen) atoms. The van der Waals surface area contributed by atoms with Crippen molar-refractivity contribution >= 4 is 11.8 Å². The van der Waals surface area contributed by atoms with Gasteiger partial charge in [0, 0.05) is 18.5 Å². The number of piperidine rings is 1. The molecule has 2 amide bonds. The van der Waals surface area contributed by atoms with Gasteiger partial charge in [-0.3, -0.25) is 14.5 Å². The number of rotatable bonds is 9. The van der Waals surface area contributed by atoms with Gasteiger partial charge in [-0.25, -0.2) is 0 Å². The number of nitrogens with zero attached hydrogens (tertiary/aromatic N) is 1. The van der Waals surface area contributed by atoms with Crippen LogP contribution in [0.3, 0.4) is 0 Å². The van der Waals surface area contributed by atoms with Crippen LogP contribution in [0.2, 0.25) is 0 Å². The zero-order valence-electron chi connectivity index (χ0n) is 18.8. The van der Waals surface area contributed by atoms with Gasteiger partial charge in [0.25, 0.3) is 5.91 Å². The lowest BCUT2D eigenvalue weighted by Gasteiger charge is -2.33. The molecule has 0 aliphatic carbocycles. The topological polar surface area (TPSA) is 74.6 Å². The van der Waals surface area contributed by atoms with Gasteiger partial charge in [0.2, 0.25) is 5.91 Å². The van der Waals surface area contributed by atoms with Crippen LogP contribution in [-0.4, -0.2) is 42.4 Å². The summed E-state index contributed by atoms with van der Waals surface area (Å²) < 4.78 is 5.70. The Labute approximate surface area is 195 Å². The fraction of sp³-hybridized carbons (Fsp3) is 0.333. The van der Waals surface area contributed by atoms with Crippen molar-refractivity contribution in [2.45, 2.75) is 37.8 Å². The van der Waals surface area contributed by atoms with E-state index >= 15 is 0 Å². The lowest BCUT2D eigenvalue weighted by atomic mass is 10.0. The first-order chi connectivity index (χ1) is 16.2. The summed E-state index contributed by atoms with van der Waals surface area (Å²) in [5.41, 5.74) is 1.52. The Morgan fingerprint density at radius 3 is 2.24 bits per heavy atom. The van der Waals surface area contributed by atoms with Crippen molar-refractivity contribution in [2.75, 3.05) is 19.6 Å². The molecule has 2 heterocycles. The Bertz CT molecular complexity index is 1000. The molecule has 2 aromatic carbocycles. The van der Waals surface area contributed by atoms with Gasteiger partial charge in [-0.1, -0.05) is 55.0 Å². The molecule has 4 rings (SSSR count). The number of amides is 2. The van der Waals surface area contributed by atoms with Crippen molar-refractivity contribution in [1.82, 2.24) is 15.5 Å². The number of carbonyl (C=O) groups is 2. The first-order valence-corrected chi connectivity index (χ1v) is 11.7. The molecule has 0 bridgehead atoms. The molecule has 3 aromatic rings. The second kappa shape index (κ2) is 11.5. The molecule has 1 fully saturated rings. The Morgan fingerprint density at radius 1 is 0.879 bits per heavy atom. The normalized spacial score (nSPS) is 16.0. The highest BCUT2D eigenvalue weighted by atomic mass is 16.3. The van der Waals surface area contributed by atoms with E-state index < -0.39 is 6.04 Å². The molecule has 2 unspecified atom stereocenters. The molecule has 2 atom stereocenters. The Kier molecular flexibility index (Phi) is 7.93. The first kappa shape index (κ1) is 22.8. The summed E-state index contributed by atoms with van der Waals surface area (Å²) in [6, 6.07) is 21.9. The minimum atomic E-state index is -0.682. The number of likely N-dealkylation sites (tertiary alicyclic amines) is 1. The van der Waals surface area contributed by atoms with E-state index in [-0.39, 0.29) is 17.9 Å². The van der Waals surface area contributed by atoms with Crippen LogP contribution in [0, 0.1) is 0 Å². The molecule has 1 aromatic heterocycles. The average Bonchev–Trinajstić information content (AvgIpc) is 3.40. The van der Waals surface area contributed by atoms with Crippen molar-refractivity contribution < 1.29 is 14.0 Å². The lowest BCUT2D eigenvalue weighted by molar-refractivity contribution is -0.123. The van der Waals surface area contributed by atoms with Crippen molar-refractivity contribution in [1.29, 1.82) is 0 Å². The monoisotopic (exact) mass is 445 g/mol. The third-order valence-corrected chi connectivity index (χ3v) is 6.11. The summed E-state index contributed by atoms with van der Waals surface area (Å²) in [7, 11) is 0. The van der Waals surface area contributed by atoms with Crippen LogP contribution < -0.4 is 10.6 Å². The molecule has 1 aliphatic rings. The number of nitrogens with one attached hydrogen (secondary N) is 2. The smallest absolute Gasteiger partial charge is 0.251 e. The maximum Gasteiger partial charge on any atom is 0.251 e. The maximum atomic E-state index is 13.3. The number of hydrogen-bond acceptors (Lipinski definition) is 4. The van der Waals surface area contributed by atoms with E-state index in [0.29, 0.717) is 18.5 Å². The van der Waals surface area contributed by atoms with Crippen molar-refractivity contribution in [2.24, 2.45) is 0 Å². The van der Waals surface area contributed by atoms with Gasteiger partial charge in [0.15, 0.2) is 0 Å². The summed E-state index contributed by atoms with van der Waals surface area (Å²) in [4.78, 5) is 28.5. The molecule has 0 saturated carbocycles. The predicted octanol–water partition coefficient (Wildman–Crippen LogP) is 3.96. The minimum Gasteiger partial charge on any atom is -0.468 e. The number of carbonyl (C=O) groups excluding carboxylic acids is 2. The lowest BCUT2D eigenvalue weighted by Crippen LogP contribution is -2.50. The van der Waals surface area contributed by atoms with Gasteiger partial charge in [0.1, 0.15) is 11.8 Å². The first-order valence-electron chi connectivity index (χ1n) is 11.7. The van der Waals surface area contributed by atoms with E-state index in [1.165, 1.54) is 6.42 Å². The van der Waals surface area contributed by atoms with E-state index in [1.807, 2.05) is 60.7 Å². The highest BCUT2D eigenvalue weighted by molar-refractivity contribution is 5.97. The molecule has 172 valence electrons. The van der Waals surface area contributed by atoms with Crippen LogP contribution in [0.15, 0.2) is 83.5 Å². The van der Waals surface area contributed by atoms with Gasteiger partial charge in [0.05, 0.1) is 12.3 Å². The van der Waals surface area contributed by atoms with Gasteiger partial charge >= 0.3 is 0 Å². The van der Waals surface area contributed by atoms with Crippen LogP contribution in [0.5, 0.6) is 0 Å². The van der Waals surface area contributed by atoms with Crippen molar-refractivity contribution in [3.8, 4) is 0 Å². The van der Waals surface area contributed by atoms with E-state index in [4.69, 9.17) is 4.42 Å². The summed E-state index contributed by atoms with van der Waals surface area (Å²) in [6.07, 6.45) is 5.62. The molecule has 0 spiro atoms. The fourth-order valence-electron chi connectivity index (χ4n) is 4.33. The molecule has 2 N–H and O–H groups in total. The van der Waals surface area contributed by atoms with Crippen LogP contribution >= 0.6 is 0 Å². The highest BCUT2D eigenvalue weighted by Gasteiger charge is 2.27. The molecular formula is C27H31N3O3. The Hall–Kier alpha value is -3.38. The van der Waals surface area contributed by atoms with E-state index in [9.17, 15) is 9.59 Å². The maximum absolute atomic E-state index is 13.3. The zero-order valence-corrected chi connectivity index (χ0v) is 18.8. The number of hydrogen-bond donors (Lipinski definition) is 2. The van der Waals surface area contributed by atoms with E-state index in [0.717, 1.165) is 37.3 Å². The minimum absolute atomic E-state index is 0.0218. The SMILES string of the molecule is O=C(NC(Cc1ccccc1)C(=O)NCC(c1ccco1)N1CCCCC1)c1ccccc1. The van der Waals surface area contributed by atoms with E-state index in [1.54, 1.807) is 18.4 Å². The van der Waals surface area contributed by atoms with E-state index in [2.05, 4.69) is 15.5 Å².